The molecular formula is C19H26IN5O2S. The number of hydrogen-bond acceptors (Lipinski definition) is 6. The van der Waals surface area contributed by atoms with Crippen LogP contribution in [0, 0.1) is 3.57 Å². The second-order valence-corrected chi connectivity index (χ2v) is 11.0. The lowest BCUT2D eigenvalue weighted by atomic mass is 10.0. The van der Waals surface area contributed by atoms with Crippen molar-refractivity contribution >= 4 is 45.7 Å². The molecule has 28 heavy (non-hydrogen) atoms. The van der Waals surface area contributed by atoms with E-state index in [0.29, 0.717) is 22.6 Å². The minimum absolute atomic E-state index is 0.0421. The highest BCUT2D eigenvalue weighted by atomic mass is 127. The van der Waals surface area contributed by atoms with Gasteiger partial charge < -0.3 is 15.2 Å². The van der Waals surface area contributed by atoms with Crippen LogP contribution in [0.4, 0.5) is 11.8 Å². The molecule has 0 bridgehead atoms. The summed E-state index contributed by atoms with van der Waals surface area (Å²) >= 11 is 0.750. The number of fused-ring (bicyclic) bond motifs is 1. The molecule has 1 aromatic heterocycles. The number of nitrogens with one attached hydrogen (secondary N) is 1. The minimum Gasteiger partial charge on any atom is -0.598 e. The minimum atomic E-state index is -1.18. The van der Waals surface area contributed by atoms with Crippen LogP contribution in [-0.2, 0) is 25.0 Å². The smallest absolute Gasteiger partial charge is 0.270 e. The molecule has 2 aromatic rings. The highest BCUT2D eigenvalue weighted by molar-refractivity contribution is 14.1. The summed E-state index contributed by atoms with van der Waals surface area (Å²) in [6.45, 7) is 7.14. The van der Waals surface area contributed by atoms with Gasteiger partial charge in [0.05, 0.1) is 6.04 Å². The third kappa shape index (κ3) is 4.32. The SMILES string of the molecule is Cn1c(N2CC[C@H](N[S+]([O-])C(C)(C)C)c3ccccc3C2)nc(N)c(I)c1=O. The first-order chi connectivity index (χ1) is 13.1. The molecule has 0 amide bonds. The van der Waals surface area contributed by atoms with Crippen molar-refractivity contribution in [1.29, 1.82) is 0 Å². The summed E-state index contributed by atoms with van der Waals surface area (Å²) in [5, 5.41) is 0. The van der Waals surface area contributed by atoms with Gasteiger partial charge >= 0.3 is 0 Å². The molecule has 0 saturated heterocycles. The van der Waals surface area contributed by atoms with Crippen molar-refractivity contribution in [2.24, 2.45) is 7.05 Å². The van der Waals surface area contributed by atoms with Gasteiger partial charge in [-0.25, -0.2) is 0 Å². The number of anilines is 2. The van der Waals surface area contributed by atoms with E-state index < -0.39 is 11.4 Å². The largest absolute Gasteiger partial charge is 0.598 e. The van der Waals surface area contributed by atoms with Gasteiger partial charge in [0.1, 0.15) is 14.1 Å². The van der Waals surface area contributed by atoms with E-state index in [1.165, 1.54) is 0 Å². The van der Waals surface area contributed by atoms with Gasteiger partial charge in [-0.3, -0.25) is 9.36 Å². The van der Waals surface area contributed by atoms with Crippen molar-refractivity contribution in [3.8, 4) is 0 Å². The predicted octanol–water partition coefficient (Wildman–Crippen LogP) is 2.47. The number of halogens is 1. The standard InChI is InChI=1S/C19H26IN5O2S/c1-19(2,3)28(27)23-14-9-10-25(11-12-7-5-6-8-13(12)14)18-22-16(21)15(20)17(26)24(18)4/h5-8,14,23H,9-11,21H2,1-4H3/t14-,28?/m0/s1. The van der Waals surface area contributed by atoms with Gasteiger partial charge in [-0.05, 0) is 60.9 Å². The molecule has 9 heteroatoms. The van der Waals surface area contributed by atoms with E-state index in [0.717, 1.165) is 17.5 Å². The van der Waals surface area contributed by atoms with Crippen LogP contribution >= 0.6 is 22.6 Å². The molecule has 0 spiro atoms. The van der Waals surface area contributed by atoms with Crippen molar-refractivity contribution in [3.63, 3.8) is 0 Å². The molecule has 0 saturated carbocycles. The molecule has 1 aliphatic rings. The van der Waals surface area contributed by atoms with Crippen molar-refractivity contribution < 1.29 is 4.55 Å². The van der Waals surface area contributed by atoms with Crippen LogP contribution in [0.2, 0.25) is 0 Å². The Bertz CT molecular complexity index is 928. The van der Waals surface area contributed by atoms with Crippen molar-refractivity contribution in [2.75, 3.05) is 17.2 Å². The zero-order valence-electron chi connectivity index (χ0n) is 16.5. The van der Waals surface area contributed by atoms with Crippen LogP contribution in [0.25, 0.3) is 0 Å². The van der Waals surface area contributed by atoms with E-state index in [9.17, 15) is 9.35 Å². The summed E-state index contributed by atoms with van der Waals surface area (Å²) in [4.78, 5) is 19.0. The molecular weight excluding hydrogens is 489 g/mol. The average Bonchev–Trinajstić information content (AvgIpc) is 2.82. The van der Waals surface area contributed by atoms with Gasteiger partial charge in [0.25, 0.3) is 5.56 Å². The maximum Gasteiger partial charge on any atom is 0.270 e. The first-order valence-corrected chi connectivity index (χ1v) is 11.3. The monoisotopic (exact) mass is 515 g/mol. The van der Waals surface area contributed by atoms with Crippen molar-refractivity contribution in [1.82, 2.24) is 14.3 Å². The maximum atomic E-state index is 12.7. The maximum absolute atomic E-state index is 12.7. The molecule has 3 N–H and O–H groups in total. The number of nitrogens with two attached hydrogens (primary N) is 1. The lowest BCUT2D eigenvalue weighted by molar-refractivity contribution is 0.513. The summed E-state index contributed by atoms with van der Waals surface area (Å²) < 4.78 is 17.6. The van der Waals surface area contributed by atoms with Crippen LogP contribution in [0.15, 0.2) is 29.1 Å². The van der Waals surface area contributed by atoms with E-state index in [-0.39, 0.29) is 22.2 Å². The number of hydrogen-bond donors (Lipinski definition) is 2. The number of benzene rings is 1. The molecule has 1 aromatic carbocycles. The van der Waals surface area contributed by atoms with Crippen LogP contribution in [0.5, 0.6) is 0 Å². The summed E-state index contributed by atoms with van der Waals surface area (Å²) in [5.41, 5.74) is 8.06. The molecule has 2 atom stereocenters. The lowest BCUT2D eigenvalue weighted by Gasteiger charge is -2.28. The fourth-order valence-electron chi connectivity index (χ4n) is 3.20. The number of nitrogens with zero attached hydrogens (tertiary/aromatic N) is 3. The first-order valence-electron chi connectivity index (χ1n) is 9.12. The third-order valence-corrected chi connectivity index (χ3v) is 7.43. The molecule has 152 valence electrons. The summed E-state index contributed by atoms with van der Waals surface area (Å²) in [5.74, 6) is 0.801. The van der Waals surface area contributed by atoms with Gasteiger partial charge in [-0.15, -0.1) is 4.72 Å². The Balaban J connectivity index is 1.97. The molecule has 0 aliphatic carbocycles. The van der Waals surface area contributed by atoms with Gasteiger partial charge in [0.2, 0.25) is 5.95 Å². The highest BCUT2D eigenvalue weighted by Gasteiger charge is 2.32. The van der Waals surface area contributed by atoms with E-state index in [2.05, 4.69) is 26.7 Å². The number of aromatic nitrogens is 2. The Morgan fingerprint density at radius 3 is 2.71 bits per heavy atom. The van der Waals surface area contributed by atoms with Crippen LogP contribution in [0.1, 0.15) is 44.4 Å². The van der Waals surface area contributed by atoms with Gasteiger partial charge in [0, 0.05) is 31.5 Å². The van der Waals surface area contributed by atoms with Gasteiger partial charge in [-0.2, -0.15) is 4.98 Å². The van der Waals surface area contributed by atoms with Crippen LogP contribution < -0.4 is 20.9 Å². The molecule has 2 heterocycles. The fraction of sp³-hybridized carbons (Fsp3) is 0.474. The second kappa shape index (κ2) is 8.21. The zero-order valence-corrected chi connectivity index (χ0v) is 19.5. The molecule has 0 fully saturated rings. The lowest BCUT2D eigenvalue weighted by Crippen LogP contribution is -2.41. The van der Waals surface area contributed by atoms with E-state index in [1.807, 2.05) is 55.5 Å². The Hall–Kier alpha value is -1.30. The van der Waals surface area contributed by atoms with Crippen molar-refractivity contribution in [2.45, 2.75) is 44.5 Å². The summed E-state index contributed by atoms with van der Waals surface area (Å²) in [7, 11) is 1.72. The van der Waals surface area contributed by atoms with Crippen LogP contribution in [-0.4, -0.2) is 25.4 Å². The highest BCUT2D eigenvalue weighted by Crippen LogP contribution is 2.30. The van der Waals surface area contributed by atoms with E-state index >= 15 is 0 Å². The summed E-state index contributed by atoms with van der Waals surface area (Å²) in [6.07, 6.45) is 0.737. The summed E-state index contributed by atoms with van der Waals surface area (Å²) in [6, 6.07) is 8.09. The molecule has 3 rings (SSSR count). The second-order valence-electron chi connectivity index (χ2n) is 7.94. The predicted molar refractivity (Wildman–Crippen MR) is 122 cm³/mol. The molecule has 7 nitrogen and oxygen atoms in total. The van der Waals surface area contributed by atoms with Gasteiger partial charge in [-0.1, -0.05) is 24.3 Å². The Kier molecular flexibility index (Phi) is 6.28. The molecule has 0 radical (unpaired) electrons. The van der Waals surface area contributed by atoms with E-state index in [1.54, 1.807) is 11.6 Å². The van der Waals surface area contributed by atoms with E-state index in [4.69, 9.17) is 5.73 Å². The fourth-order valence-corrected chi connectivity index (χ4v) is 4.54. The topological polar surface area (TPSA) is 99.2 Å². The number of nitrogen functional groups attached to an aromatic ring is 1. The molecule has 1 unspecified atom stereocenters. The Labute approximate surface area is 182 Å². The first kappa shape index (κ1) is 21.4. The number of rotatable bonds is 3. The quantitative estimate of drug-likeness (QED) is 0.482. The zero-order chi connectivity index (χ0) is 20.6. The average molecular weight is 515 g/mol. The normalized spacial score (nSPS) is 18.5. The van der Waals surface area contributed by atoms with Crippen molar-refractivity contribution in [3.05, 3.63) is 49.3 Å². The third-order valence-electron chi connectivity index (χ3n) is 4.81. The Morgan fingerprint density at radius 2 is 2.04 bits per heavy atom. The Morgan fingerprint density at radius 1 is 1.36 bits per heavy atom. The van der Waals surface area contributed by atoms with Gasteiger partial charge in [0.15, 0.2) is 0 Å². The molecule has 1 aliphatic heterocycles. The van der Waals surface area contributed by atoms with Crippen LogP contribution in [0.3, 0.4) is 0 Å².